The van der Waals surface area contributed by atoms with Gasteiger partial charge in [0.25, 0.3) is 0 Å². The molecular formula is C17H24ClN5O2S. The zero-order valence-corrected chi connectivity index (χ0v) is 16.3. The van der Waals surface area contributed by atoms with Crippen molar-refractivity contribution in [1.29, 1.82) is 0 Å². The maximum Gasteiger partial charge on any atom is 0.248 e. The largest absolute Gasteiger partial charge is 0.325 e. The first-order valence-electron chi connectivity index (χ1n) is 7.96. The van der Waals surface area contributed by atoms with Gasteiger partial charge in [-0.2, -0.15) is 16.9 Å². The number of hydrogen-bond donors (Lipinski definition) is 3. The molecule has 0 radical (unpaired) electrons. The van der Waals surface area contributed by atoms with Gasteiger partial charge in [-0.15, -0.1) is 12.4 Å². The fraction of sp³-hybridized carbons (Fsp3) is 0.353. The summed E-state index contributed by atoms with van der Waals surface area (Å²) in [6.07, 6.45) is 5.95. The van der Waals surface area contributed by atoms with Gasteiger partial charge in [0.1, 0.15) is 6.04 Å². The Kier molecular flexibility index (Phi) is 9.18. The fourth-order valence-electron chi connectivity index (χ4n) is 2.16. The van der Waals surface area contributed by atoms with Crippen molar-refractivity contribution in [2.24, 2.45) is 5.73 Å². The van der Waals surface area contributed by atoms with Gasteiger partial charge in [-0.1, -0.05) is 6.07 Å². The number of carbonyl (C=O) groups excluding carboxylic acids is 2. The second-order valence-corrected chi connectivity index (χ2v) is 6.59. The first kappa shape index (κ1) is 22.0. The van der Waals surface area contributed by atoms with Crippen LogP contribution in [0.3, 0.4) is 0 Å². The third-order valence-electron chi connectivity index (χ3n) is 3.67. The summed E-state index contributed by atoms with van der Waals surface area (Å²) in [6.45, 7) is 1.76. The number of anilines is 2. The Morgan fingerprint density at radius 2 is 1.88 bits per heavy atom. The first-order chi connectivity index (χ1) is 12.0. The van der Waals surface area contributed by atoms with Crippen LogP contribution in [0.15, 0.2) is 42.7 Å². The predicted molar refractivity (Wildman–Crippen MR) is 109 cm³/mol. The summed E-state index contributed by atoms with van der Waals surface area (Å²) in [6, 6.07) is 7.76. The molecule has 0 saturated carbocycles. The van der Waals surface area contributed by atoms with Crippen LogP contribution in [0.5, 0.6) is 0 Å². The van der Waals surface area contributed by atoms with Gasteiger partial charge in [0.2, 0.25) is 11.8 Å². The lowest BCUT2D eigenvalue weighted by molar-refractivity contribution is -0.119. The number of aromatic nitrogens is 2. The molecule has 1 aromatic heterocycles. The highest BCUT2D eigenvalue weighted by Gasteiger charge is 2.16. The van der Waals surface area contributed by atoms with Gasteiger partial charge >= 0.3 is 0 Å². The van der Waals surface area contributed by atoms with Crippen molar-refractivity contribution in [3.8, 4) is 0 Å². The molecule has 0 fully saturated rings. The second-order valence-electron chi connectivity index (χ2n) is 5.61. The van der Waals surface area contributed by atoms with Gasteiger partial charge in [-0.3, -0.25) is 14.3 Å². The van der Waals surface area contributed by atoms with E-state index in [0.29, 0.717) is 17.8 Å². The monoisotopic (exact) mass is 397 g/mol. The molecule has 142 valence electrons. The lowest BCUT2D eigenvalue weighted by Crippen LogP contribution is -2.36. The zero-order chi connectivity index (χ0) is 18.2. The van der Waals surface area contributed by atoms with Crippen LogP contribution < -0.4 is 16.4 Å². The fourth-order valence-corrected chi connectivity index (χ4v) is 2.65. The van der Waals surface area contributed by atoms with E-state index in [9.17, 15) is 9.59 Å². The molecule has 26 heavy (non-hydrogen) atoms. The number of nitrogens with one attached hydrogen (secondary N) is 2. The molecule has 2 unspecified atom stereocenters. The molecule has 1 heterocycles. The molecule has 0 spiro atoms. The summed E-state index contributed by atoms with van der Waals surface area (Å²) < 4.78 is 1.58. The summed E-state index contributed by atoms with van der Waals surface area (Å²) in [7, 11) is 0. The Balaban J connectivity index is 0.00000338. The molecule has 0 saturated heterocycles. The maximum absolute atomic E-state index is 12.3. The average Bonchev–Trinajstić information content (AvgIpc) is 3.13. The molecule has 2 rings (SSSR count). The number of carbonyl (C=O) groups is 2. The van der Waals surface area contributed by atoms with E-state index in [1.54, 1.807) is 66.1 Å². The Hall–Kier alpha value is -2.03. The van der Waals surface area contributed by atoms with Crippen LogP contribution in [0.4, 0.5) is 11.4 Å². The van der Waals surface area contributed by atoms with Crippen LogP contribution >= 0.6 is 24.2 Å². The summed E-state index contributed by atoms with van der Waals surface area (Å²) in [5, 5.41) is 9.66. The Labute approximate surface area is 163 Å². The summed E-state index contributed by atoms with van der Waals surface area (Å²) in [5.74, 6) is 0.405. The van der Waals surface area contributed by atoms with E-state index in [4.69, 9.17) is 5.73 Å². The van der Waals surface area contributed by atoms with E-state index in [0.717, 1.165) is 5.75 Å². The number of hydrogen-bond acceptors (Lipinski definition) is 5. The maximum atomic E-state index is 12.3. The average molecular weight is 398 g/mol. The molecule has 0 bridgehead atoms. The van der Waals surface area contributed by atoms with Crippen LogP contribution in [0.2, 0.25) is 0 Å². The Morgan fingerprint density at radius 1 is 1.23 bits per heavy atom. The number of halogens is 1. The highest BCUT2D eigenvalue weighted by Crippen LogP contribution is 2.17. The van der Waals surface area contributed by atoms with E-state index in [2.05, 4.69) is 15.7 Å². The van der Waals surface area contributed by atoms with Crippen LogP contribution in [0, 0.1) is 0 Å². The summed E-state index contributed by atoms with van der Waals surface area (Å²) in [5.41, 5.74) is 7.05. The standard InChI is InChI=1S/C17H23N5O2S.ClH/c1-12(22-9-4-8-19-22)16(23)20-13-5-3-6-14(11-13)21-17(24)15(18)7-10-25-2;/h3-6,8-9,11-12,15H,7,10,18H2,1-2H3,(H,20,23)(H,21,24);1H. The van der Waals surface area contributed by atoms with Gasteiger partial charge in [-0.25, -0.2) is 0 Å². The van der Waals surface area contributed by atoms with Crippen molar-refractivity contribution < 1.29 is 9.59 Å². The van der Waals surface area contributed by atoms with Crippen LogP contribution in [-0.2, 0) is 9.59 Å². The predicted octanol–water partition coefficient (Wildman–Crippen LogP) is 2.52. The summed E-state index contributed by atoms with van der Waals surface area (Å²) in [4.78, 5) is 24.4. The van der Waals surface area contributed by atoms with Gasteiger partial charge in [0.05, 0.1) is 6.04 Å². The van der Waals surface area contributed by atoms with E-state index in [-0.39, 0.29) is 24.2 Å². The molecule has 2 atom stereocenters. The van der Waals surface area contributed by atoms with Crippen molar-refractivity contribution >= 4 is 47.4 Å². The van der Waals surface area contributed by atoms with Crippen molar-refractivity contribution in [3.05, 3.63) is 42.7 Å². The third kappa shape index (κ3) is 6.36. The lowest BCUT2D eigenvalue weighted by atomic mass is 10.2. The molecule has 9 heteroatoms. The van der Waals surface area contributed by atoms with Crippen molar-refractivity contribution in [2.45, 2.75) is 25.4 Å². The number of nitrogens with zero attached hydrogens (tertiary/aromatic N) is 2. The molecule has 4 N–H and O–H groups in total. The van der Waals surface area contributed by atoms with E-state index in [1.165, 1.54) is 0 Å². The Bertz CT molecular complexity index is 711. The number of nitrogens with two attached hydrogens (primary N) is 1. The lowest BCUT2D eigenvalue weighted by Gasteiger charge is -2.14. The highest BCUT2D eigenvalue weighted by molar-refractivity contribution is 7.98. The minimum Gasteiger partial charge on any atom is -0.325 e. The minimum atomic E-state index is -0.550. The van der Waals surface area contributed by atoms with E-state index in [1.807, 2.05) is 6.26 Å². The molecule has 7 nitrogen and oxygen atoms in total. The molecule has 0 aliphatic carbocycles. The SMILES string of the molecule is CSCCC(N)C(=O)Nc1cccc(NC(=O)C(C)n2cccn2)c1.Cl. The van der Waals surface area contributed by atoms with Gasteiger partial charge in [-0.05, 0) is 49.6 Å². The third-order valence-corrected chi connectivity index (χ3v) is 4.31. The molecule has 2 amide bonds. The molecular weight excluding hydrogens is 374 g/mol. The number of rotatable bonds is 8. The van der Waals surface area contributed by atoms with E-state index < -0.39 is 12.1 Å². The molecule has 2 aromatic rings. The van der Waals surface area contributed by atoms with Crippen molar-refractivity contribution in [1.82, 2.24) is 9.78 Å². The highest BCUT2D eigenvalue weighted by atomic mass is 35.5. The Morgan fingerprint density at radius 3 is 2.46 bits per heavy atom. The normalized spacial score (nSPS) is 12.6. The van der Waals surface area contributed by atoms with Crippen LogP contribution in [0.1, 0.15) is 19.4 Å². The van der Waals surface area contributed by atoms with Crippen LogP contribution in [-0.4, -0.2) is 39.6 Å². The molecule has 0 aliphatic heterocycles. The zero-order valence-electron chi connectivity index (χ0n) is 14.7. The second kappa shape index (κ2) is 10.8. The van der Waals surface area contributed by atoms with E-state index >= 15 is 0 Å². The van der Waals surface area contributed by atoms with Crippen LogP contribution in [0.25, 0.3) is 0 Å². The van der Waals surface area contributed by atoms with Crippen molar-refractivity contribution in [3.63, 3.8) is 0 Å². The quantitative estimate of drug-likeness (QED) is 0.635. The van der Waals surface area contributed by atoms with Gasteiger partial charge in [0.15, 0.2) is 0 Å². The minimum absolute atomic E-state index is 0. The molecule has 1 aromatic carbocycles. The first-order valence-corrected chi connectivity index (χ1v) is 9.36. The van der Waals surface area contributed by atoms with Gasteiger partial charge < -0.3 is 16.4 Å². The number of benzene rings is 1. The van der Waals surface area contributed by atoms with Crippen molar-refractivity contribution in [2.75, 3.05) is 22.6 Å². The number of amides is 2. The molecule has 0 aliphatic rings. The number of thioether (sulfide) groups is 1. The smallest absolute Gasteiger partial charge is 0.248 e. The topological polar surface area (TPSA) is 102 Å². The summed E-state index contributed by atoms with van der Waals surface area (Å²) >= 11 is 1.65. The van der Waals surface area contributed by atoms with Gasteiger partial charge in [0, 0.05) is 23.8 Å².